The van der Waals surface area contributed by atoms with Crippen LogP contribution in [0.2, 0.25) is 0 Å². The van der Waals surface area contributed by atoms with E-state index in [-0.39, 0.29) is 0 Å². The number of unbranched alkanes of at least 4 members (excludes halogenated alkanes) is 2. The smallest absolute Gasteiger partial charge is 0.303 e. The van der Waals surface area contributed by atoms with E-state index in [2.05, 4.69) is 23.7 Å². The first-order valence-electron chi connectivity index (χ1n) is 3.46. The minimum absolute atomic E-state index is 0.327. The Labute approximate surface area is 66.2 Å². The molecule has 0 aromatic rings. The van der Waals surface area contributed by atoms with E-state index < -0.39 is 5.97 Å². The molecule has 0 atom stereocenters. The van der Waals surface area contributed by atoms with E-state index in [1.54, 1.807) is 0 Å². The molecule has 0 spiro atoms. The van der Waals surface area contributed by atoms with E-state index in [0.29, 0.717) is 6.42 Å². The van der Waals surface area contributed by atoms with Crippen LogP contribution in [-0.4, -0.2) is 11.1 Å². The van der Waals surface area contributed by atoms with Crippen molar-refractivity contribution in [3.63, 3.8) is 0 Å². The lowest BCUT2D eigenvalue weighted by Gasteiger charge is -1.89. The fourth-order valence-electron chi connectivity index (χ4n) is 0.526. The Morgan fingerprint density at radius 1 is 1.45 bits per heavy atom. The van der Waals surface area contributed by atoms with E-state index >= 15 is 0 Å². The standard InChI is InChI=1S/C6H12O2.H4N2O/c1-2-3-4-5-6(7)8;1-3-2/h2-5H2,1H3,(H,7,8);1-2H2. The van der Waals surface area contributed by atoms with Crippen LogP contribution in [0.25, 0.3) is 0 Å². The predicted octanol–water partition coefficient (Wildman–Crippen LogP) is 0.402. The van der Waals surface area contributed by atoms with E-state index in [1.807, 2.05) is 0 Å². The van der Waals surface area contributed by atoms with Crippen LogP contribution >= 0.6 is 0 Å². The summed E-state index contributed by atoms with van der Waals surface area (Å²) in [7, 11) is 0. The molecule has 5 N–H and O–H groups in total. The van der Waals surface area contributed by atoms with Gasteiger partial charge in [-0.15, -0.1) is 0 Å². The molecule has 0 rings (SSSR count). The Bertz CT molecular complexity index is 87.9. The monoisotopic (exact) mass is 164 g/mol. The summed E-state index contributed by atoms with van der Waals surface area (Å²) in [6.45, 7) is 2.06. The summed E-state index contributed by atoms with van der Waals surface area (Å²) in [5.74, 6) is 7.57. The molecule has 0 heterocycles. The number of rotatable bonds is 4. The van der Waals surface area contributed by atoms with Gasteiger partial charge in [0.1, 0.15) is 0 Å². The van der Waals surface area contributed by atoms with Crippen LogP contribution in [0, 0.1) is 0 Å². The highest BCUT2D eigenvalue weighted by Gasteiger charge is 1.92. The van der Waals surface area contributed by atoms with Gasteiger partial charge in [0.15, 0.2) is 0 Å². The third-order valence-corrected chi connectivity index (χ3v) is 0.994. The lowest BCUT2D eigenvalue weighted by atomic mass is 10.2. The first-order valence-corrected chi connectivity index (χ1v) is 3.46. The van der Waals surface area contributed by atoms with Crippen molar-refractivity contribution in [2.45, 2.75) is 32.6 Å². The lowest BCUT2D eigenvalue weighted by molar-refractivity contribution is -0.137. The van der Waals surface area contributed by atoms with Crippen molar-refractivity contribution in [2.24, 2.45) is 11.8 Å². The van der Waals surface area contributed by atoms with Gasteiger partial charge in [-0.25, -0.2) is 4.94 Å². The molecule has 0 aliphatic carbocycles. The largest absolute Gasteiger partial charge is 0.481 e. The molecule has 0 aliphatic heterocycles. The molecule has 0 amide bonds. The molecule has 11 heavy (non-hydrogen) atoms. The molecular formula is C6H16N2O3. The molecule has 0 aliphatic rings. The molecule has 0 unspecified atom stereocenters. The highest BCUT2D eigenvalue weighted by molar-refractivity contribution is 5.66. The summed E-state index contributed by atoms with van der Waals surface area (Å²) in [4.78, 5) is 13.1. The molecular weight excluding hydrogens is 148 g/mol. The topological polar surface area (TPSA) is 98.6 Å². The molecule has 5 nitrogen and oxygen atoms in total. The zero-order valence-corrected chi connectivity index (χ0v) is 6.75. The van der Waals surface area contributed by atoms with Gasteiger partial charge in [0.25, 0.3) is 0 Å². The number of aliphatic carboxylic acids is 1. The van der Waals surface area contributed by atoms with Crippen LogP contribution in [-0.2, 0) is 9.73 Å². The summed E-state index contributed by atoms with van der Waals surface area (Å²) in [6.07, 6.45) is 3.28. The number of nitrogens with two attached hydrogens (primary N) is 2. The Balaban J connectivity index is 0. The number of carbonyl (C=O) groups is 1. The van der Waals surface area contributed by atoms with Gasteiger partial charge in [-0.2, -0.15) is 11.8 Å². The van der Waals surface area contributed by atoms with Gasteiger partial charge in [-0.3, -0.25) is 4.79 Å². The summed E-state index contributed by atoms with van der Waals surface area (Å²) in [6, 6.07) is 0. The van der Waals surface area contributed by atoms with Crippen LogP contribution in [0.1, 0.15) is 32.6 Å². The van der Waals surface area contributed by atoms with Crippen molar-refractivity contribution in [3.05, 3.63) is 0 Å². The number of carboxylic acid groups (broad SMARTS) is 1. The summed E-state index contributed by atoms with van der Waals surface area (Å²) < 4.78 is 0. The SMILES string of the molecule is CCCCCC(=O)O.NON. The quantitative estimate of drug-likeness (QED) is 0.412. The number of hydrogen-bond donors (Lipinski definition) is 3. The van der Waals surface area contributed by atoms with Crippen LogP contribution in [0.5, 0.6) is 0 Å². The second-order valence-corrected chi connectivity index (χ2v) is 1.99. The van der Waals surface area contributed by atoms with Crippen molar-refractivity contribution in [2.75, 3.05) is 0 Å². The molecule has 0 saturated heterocycles. The zero-order valence-electron chi connectivity index (χ0n) is 6.75. The van der Waals surface area contributed by atoms with E-state index in [9.17, 15) is 4.79 Å². The second-order valence-electron chi connectivity index (χ2n) is 1.99. The lowest BCUT2D eigenvalue weighted by Crippen LogP contribution is -2.03. The van der Waals surface area contributed by atoms with Gasteiger partial charge in [0, 0.05) is 6.42 Å². The van der Waals surface area contributed by atoms with Crippen molar-refractivity contribution >= 4 is 5.97 Å². The second kappa shape index (κ2) is 12.1. The maximum Gasteiger partial charge on any atom is 0.303 e. The average Bonchev–Trinajstić information content (AvgIpc) is 1.89. The van der Waals surface area contributed by atoms with Gasteiger partial charge < -0.3 is 5.11 Å². The van der Waals surface area contributed by atoms with E-state index in [0.717, 1.165) is 19.3 Å². The third kappa shape index (κ3) is 26.7. The maximum atomic E-state index is 9.87. The predicted molar refractivity (Wildman–Crippen MR) is 41.2 cm³/mol. The normalized spacial score (nSPS) is 8.27. The van der Waals surface area contributed by atoms with E-state index in [4.69, 9.17) is 5.11 Å². The fraction of sp³-hybridized carbons (Fsp3) is 0.833. The van der Waals surface area contributed by atoms with Crippen LogP contribution in [0.15, 0.2) is 0 Å². The first-order chi connectivity index (χ1) is 5.18. The van der Waals surface area contributed by atoms with Crippen LogP contribution < -0.4 is 11.8 Å². The highest BCUT2D eigenvalue weighted by Crippen LogP contribution is 1.97. The number of hydrogen-bond acceptors (Lipinski definition) is 4. The van der Waals surface area contributed by atoms with Crippen LogP contribution in [0.4, 0.5) is 0 Å². The van der Waals surface area contributed by atoms with Crippen molar-refractivity contribution in [3.8, 4) is 0 Å². The zero-order chi connectivity index (χ0) is 9.11. The molecule has 5 heteroatoms. The first kappa shape index (κ1) is 13.0. The molecule has 0 fully saturated rings. The summed E-state index contributed by atoms with van der Waals surface area (Å²) >= 11 is 0. The fourth-order valence-corrected chi connectivity index (χ4v) is 0.526. The van der Waals surface area contributed by atoms with Crippen molar-refractivity contribution in [1.29, 1.82) is 0 Å². The Kier molecular flexibility index (Phi) is 14.2. The van der Waals surface area contributed by atoms with Gasteiger partial charge in [0.05, 0.1) is 0 Å². The summed E-state index contributed by atoms with van der Waals surface area (Å²) in [5.41, 5.74) is 0. The number of carboxylic acids is 1. The van der Waals surface area contributed by atoms with Crippen LogP contribution in [0.3, 0.4) is 0 Å². The molecule has 0 aromatic heterocycles. The molecule has 0 bridgehead atoms. The van der Waals surface area contributed by atoms with Crippen molar-refractivity contribution in [1.82, 2.24) is 0 Å². The highest BCUT2D eigenvalue weighted by atomic mass is 16.7. The Morgan fingerprint density at radius 3 is 2.18 bits per heavy atom. The molecule has 0 radical (unpaired) electrons. The Morgan fingerprint density at radius 2 is 1.91 bits per heavy atom. The molecule has 0 saturated carbocycles. The summed E-state index contributed by atoms with van der Waals surface area (Å²) in [5, 5.41) is 8.14. The molecule has 68 valence electrons. The van der Waals surface area contributed by atoms with Gasteiger partial charge in [-0.1, -0.05) is 19.8 Å². The average molecular weight is 164 g/mol. The third-order valence-electron chi connectivity index (χ3n) is 0.994. The minimum Gasteiger partial charge on any atom is -0.481 e. The minimum atomic E-state index is -0.682. The Hall–Kier alpha value is -0.650. The van der Waals surface area contributed by atoms with Crippen molar-refractivity contribution < 1.29 is 14.8 Å². The van der Waals surface area contributed by atoms with Gasteiger partial charge >= 0.3 is 5.97 Å². The maximum absolute atomic E-state index is 9.87. The van der Waals surface area contributed by atoms with Gasteiger partial charge in [-0.05, 0) is 6.42 Å². The van der Waals surface area contributed by atoms with Gasteiger partial charge in [0.2, 0.25) is 0 Å². The van der Waals surface area contributed by atoms with E-state index in [1.165, 1.54) is 0 Å². The molecule has 0 aromatic carbocycles.